The number of nitrogens with zero attached hydrogens (tertiary/aromatic N) is 1. The average Bonchev–Trinajstić information content (AvgIpc) is 2.26. The molecule has 0 fully saturated rings. The van der Waals surface area contributed by atoms with Crippen LogP contribution in [0.25, 0.3) is 0 Å². The van der Waals surface area contributed by atoms with Gasteiger partial charge in [0.1, 0.15) is 5.75 Å². The first-order valence-electron chi connectivity index (χ1n) is 4.66. The van der Waals surface area contributed by atoms with Crippen LogP contribution in [-0.2, 0) is 11.4 Å². The zero-order valence-electron chi connectivity index (χ0n) is 8.93. The predicted molar refractivity (Wildman–Crippen MR) is 56.6 cm³/mol. The maximum Gasteiger partial charge on any atom is 0.259 e. The molecule has 0 aromatic heterocycles. The molecule has 4 heteroatoms. The molecule has 0 heterocycles. The van der Waals surface area contributed by atoms with E-state index in [1.807, 2.05) is 0 Å². The molecule has 0 aliphatic carbocycles. The van der Waals surface area contributed by atoms with Crippen LogP contribution < -0.4 is 4.74 Å². The number of hydrogen-bond donors (Lipinski definition) is 1. The molecule has 0 atom stereocenters. The highest BCUT2D eigenvalue weighted by Crippen LogP contribution is 2.11. The van der Waals surface area contributed by atoms with Crippen LogP contribution in [0.2, 0.25) is 0 Å². The van der Waals surface area contributed by atoms with E-state index in [1.165, 1.54) is 4.90 Å². The minimum Gasteiger partial charge on any atom is -0.484 e. The second-order valence-corrected chi connectivity index (χ2v) is 3.38. The van der Waals surface area contributed by atoms with E-state index in [1.54, 1.807) is 38.4 Å². The van der Waals surface area contributed by atoms with E-state index < -0.39 is 0 Å². The van der Waals surface area contributed by atoms with Gasteiger partial charge in [-0.25, -0.2) is 0 Å². The Labute approximate surface area is 89.1 Å². The van der Waals surface area contributed by atoms with Gasteiger partial charge in [0.2, 0.25) is 0 Å². The van der Waals surface area contributed by atoms with Gasteiger partial charge in [0.05, 0.1) is 6.61 Å². The van der Waals surface area contributed by atoms with E-state index in [4.69, 9.17) is 9.84 Å². The fourth-order valence-corrected chi connectivity index (χ4v) is 0.965. The van der Waals surface area contributed by atoms with E-state index in [9.17, 15) is 4.79 Å². The van der Waals surface area contributed by atoms with Crippen molar-refractivity contribution < 1.29 is 14.6 Å². The molecule has 4 nitrogen and oxygen atoms in total. The van der Waals surface area contributed by atoms with Gasteiger partial charge in [-0.15, -0.1) is 0 Å². The Morgan fingerprint density at radius 3 is 2.40 bits per heavy atom. The lowest BCUT2D eigenvalue weighted by molar-refractivity contribution is -0.130. The first kappa shape index (κ1) is 11.5. The van der Waals surface area contributed by atoms with Crippen LogP contribution in [0.15, 0.2) is 24.3 Å². The van der Waals surface area contributed by atoms with Crippen molar-refractivity contribution in [2.24, 2.45) is 0 Å². The summed E-state index contributed by atoms with van der Waals surface area (Å²) in [6.07, 6.45) is 0. The third-order valence-corrected chi connectivity index (χ3v) is 1.97. The number of benzene rings is 1. The number of carbonyl (C=O) groups is 1. The molecule has 0 unspecified atom stereocenters. The topological polar surface area (TPSA) is 49.8 Å². The third kappa shape index (κ3) is 3.59. The van der Waals surface area contributed by atoms with Crippen molar-refractivity contribution >= 4 is 5.91 Å². The molecule has 0 aliphatic heterocycles. The molecule has 1 N–H and O–H groups in total. The molecule has 82 valence electrons. The predicted octanol–water partition coefficient (Wildman–Crippen LogP) is 0.646. The highest BCUT2D eigenvalue weighted by molar-refractivity contribution is 5.77. The number of aliphatic hydroxyl groups is 1. The quantitative estimate of drug-likeness (QED) is 0.792. The van der Waals surface area contributed by atoms with Gasteiger partial charge in [0, 0.05) is 14.1 Å². The van der Waals surface area contributed by atoms with Gasteiger partial charge in [-0.1, -0.05) is 12.1 Å². The molecule has 1 aromatic rings. The first-order chi connectivity index (χ1) is 7.13. The van der Waals surface area contributed by atoms with Crippen molar-refractivity contribution in [3.63, 3.8) is 0 Å². The number of amides is 1. The van der Waals surface area contributed by atoms with Gasteiger partial charge in [-0.2, -0.15) is 0 Å². The molecular weight excluding hydrogens is 194 g/mol. The molecule has 0 saturated carbocycles. The number of hydrogen-bond acceptors (Lipinski definition) is 3. The lowest BCUT2D eigenvalue weighted by Crippen LogP contribution is -2.27. The van der Waals surface area contributed by atoms with Gasteiger partial charge in [-0.05, 0) is 17.7 Å². The van der Waals surface area contributed by atoms with E-state index >= 15 is 0 Å². The molecule has 0 aliphatic rings. The van der Waals surface area contributed by atoms with E-state index in [0.717, 1.165) is 5.56 Å². The highest BCUT2D eigenvalue weighted by atomic mass is 16.5. The Morgan fingerprint density at radius 2 is 1.93 bits per heavy atom. The normalized spacial score (nSPS) is 9.80. The molecule has 1 aromatic carbocycles. The monoisotopic (exact) mass is 209 g/mol. The van der Waals surface area contributed by atoms with Crippen LogP contribution >= 0.6 is 0 Å². The van der Waals surface area contributed by atoms with Crippen LogP contribution in [-0.4, -0.2) is 36.6 Å². The van der Waals surface area contributed by atoms with Gasteiger partial charge < -0.3 is 14.7 Å². The number of rotatable bonds is 4. The number of carbonyl (C=O) groups excluding carboxylic acids is 1. The summed E-state index contributed by atoms with van der Waals surface area (Å²) in [6, 6.07) is 6.98. The fraction of sp³-hybridized carbons (Fsp3) is 0.364. The van der Waals surface area contributed by atoms with Crippen LogP contribution in [0.1, 0.15) is 5.56 Å². The Balaban J connectivity index is 2.47. The van der Waals surface area contributed by atoms with Gasteiger partial charge in [0.25, 0.3) is 5.91 Å². The highest BCUT2D eigenvalue weighted by Gasteiger charge is 2.04. The summed E-state index contributed by atoms with van der Waals surface area (Å²) in [6.45, 7) is 0.0440. The van der Waals surface area contributed by atoms with Crippen LogP contribution in [0, 0.1) is 0 Å². The lowest BCUT2D eigenvalue weighted by atomic mass is 10.2. The van der Waals surface area contributed by atoms with Crippen molar-refractivity contribution in [3.8, 4) is 5.75 Å². The summed E-state index contributed by atoms with van der Waals surface area (Å²) in [5.41, 5.74) is 0.821. The Kier molecular flexibility index (Phi) is 4.12. The van der Waals surface area contributed by atoms with Crippen molar-refractivity contribution in [1.82, 2.24) is 4.90 Å². The molecule has 1 amide bonds. The van der Waals surface area contributed by atoms with Crippen molar-refractivity contribution in [2.45, 2.75) is 6.61 Å². The molecule has 15 heavy (non-hydrogen) atoms. The molecular formula is C11H15NO3. The smallest absolute Gasteiger partial charge is 0.259 e. The summed E-state index contributed by atoms with van der Waals surface area (Å²) in [4.78, 5) is 12.7. The lowest BCUT2D eigenvalue weighted by Gasteiger charge is -2.11. The zero-order valence-corrected chi connectivity index (χ0v) is 8.93. The average molecular weight is 209 g/mol. The number of ether oxygens (including phenoxy) is 1. The van der Waals surface area contributed by atoms with Crippen molar-refractivity contribution in [2.75, 3.05) is 20.7 Å². The van der Waals surface area contributed by atoms with Crippen molar-refractivity contribution in [1.29, 1.82) is 0 Å². The van der Waals surface area contributed by atoms with E-state index in [0.29, 0.717) is 5.75 Å². The Bertz CT molecular complexity index is 319. The maximum absolute atomic E-state index is 11.2. The second kappa shape index (κ2) is 5.36. The molecule has 0 radical (unpaired) electrons. The summed E-state index contributed by atoms with van der Waals surface area (Å²) >= 11 is 0. The van der Waals surface area contributed by atoms with Crippen LogP contribution in [0.3, 0.4) is 0 Å². The fourth-order valence-electron chi connectivity index (χ4n) is 0.965. The molecule has 0 saturated heterocycles. The summed E-state index contributed by atoms with van der Waals surface area (Å²) < 4.78 is 5.26. The minimum atomic E-state index is -0.0822. The van der Waals surface area contributed by atoms with Crippen molar-refractivity contribution in [3.05, 3.63) is 29.8 Å². The van der Waals surface area contributed by atoms with Gasteiger partial charge in [-0.3, -0.25) is 4.79 Å². The van der Waals surface area contributed by atoms with E-state index in [-0.39, 0.29) is 19.1 Å². The summed E-state index contributed by atoms with van der Waals surface area (Å²) in [7, 11) is 3.36. The summed E-state index contributed by atoms with van der Waals surface area (Å²) in [5, 5.41) is 8.82. The zero-order chi connectivity index (χ0) is 11.3. The molecule has 0 bridgehead atoms. The Hall–Kier alpha value is -1.55. The Morgan fingerprint density at radius 1 is 1.33 bits per heavy atom. The second-order valence-electron chi connectivity index (χ2n) is 3.38. The minimum absolute atomic E-state index is 0.0108. The third-order valence-electron chi connectivity index (χ3n) is 1.97. The van der Waals surface area contributed by atoms with Crippen LogP contribution in [0.4, 0.5) is 0 Å². The van der Waals surface area contributed by atoms with Gasteiger partial charge >= 0.3 is 0 Å². The molecule has 1 rings (SSSR count). The first-order valence-corrected chi connectivity index (χ1v) is 4.66. The SMILES string of the molecule is CN(C)C(=O)COc1ccc(CO)cc1. The van der Waals surface area contributed by atoms with Crippen LogP contribution in [0.5, 0.6) is 5.75 Å². The summed E-state index contributed by atoms with van der Waals surface area (Å²) in [5.74, 6) is 0.545. The number of aliphatic hydroxyl groups excluding tert-OH is 1. The standard InChI is InChI=1S/C11H15NO3/c1-12(2)11(14)8-15-10-5-3-9(7-13)4-6-10/h3-6,13H,7-8H2,1-2H3. The number of likely N-dealkylation sites (N-methyl/N-ethyl adjacent to an activating group) is 1. The van der Waals surface area contributed by atoms with Gasteiger partial charge in [0.15, 0.2) is 6.61 Å². The molecule has 0 spiro atoms. The largest absolute Gasteiger partial charge is 0.484 e. The maximum atomic E-state index is 11.2. The van der Waals surface area contributed by atoms with E-state index in [2.05, 4.69) is 0 Å².